The summed E-state index contributed by atoms with van der Waals surface area (Å²) in [5.74, 6) is 0.416. The number of hydrogen-bond donors (Lipinski definition) is 1. The minimum Gasteiger partial charge on any atom is -0.489 e. The molecule has 0 saturated heterocycles. The summed E-state index contributed by atoms with van der Waals surface area (Å²) in [5, 5.41) is 13.4. The number of nitrogens with zero attached hydrogens (tertiary/aromatic N) is 1. The zero-order valence-electron chi connectivity index (χ0n) is 14.9. The minimum absolute atomic E-state index is 0.0103. The zero-order valence-corrected chi connectivity index (χ0v) is 14.9. The zero-order chi connectivity index (χ0) is 19.8. The van der Waals surface area contributed by atoms with Crippen LogP contribution in [0.4, 0.5) is 11.4 Å². The monoisotopic (exact) mass is 374 g/mol. The van der Waals surface area contributed by atoms with Gasteiger partial charge in [0.15, 0.2) is 0 Å². The van der Waals surface area contributed by atoms with E-state index in [1.54, 1.807) is 42.5 Å². The van der Waals surface area contributed by atoms with Crippen molar-refractivity contribution in [1.82, 2.24) is 0 Å². The largest absolute Gasteiger partial charge is 0.489 e. The van der Waals surface area contributed by atoms with E-state index in [4.69, 9.17) is 4.74 Å². The summed E-state index contributed by atoms with van der Waals surface area (Å²) in [6.45, 7) is 0.477. The predicted octanol–water partition coefficient (Wildman–Crippen LogP) is 4.83. The number of hydrogen-bond acceptors (Lipinski definition) is 4. The molecule has 140 valence electrons. The smallest absolute Gasteiger partial charge is 0.269 e. The highest BCUT2D eigenvalue weighted by Crippen LogP contribution is 2.17. The van der Waals surface area contributed by atoms with Gasteiger partial charge >= 0.3 is 0 Å². The van der Waals surface area contributed by atoms with Crippen LogP contribution < -0.4 is 10.1 Å². The Balaban J connectivity index is 1.51. The Morgan fingerprint density at radius 1 is 0.964 bits per heavy atom. The van der Waals surface area contributed by atoms with Crippen LogP contribution in [0.15, 0.2) is 84.9 Å². The number of non-ortho nitro benzene ring substituents is 1. The average Bonchev–Trinajstić information content (AvgIpc) is 2.73. The van der Waals surface area contributed by atoms with Crippen LogP contribution in [0.25, 0.3) is 6.08 Å². The van der Waals surface area contributed by atoms with Gasteiger partial charge in [-0.3, -0.25) is 14.9 Å². The summed E-state index contributed by atoms with van der Waals surface area (Å²) in [7, 11) is 0. The van der Waals surface area contributed by atoms with Gasteiger partial charge in [0.05, 0.1) is 4.92 Å². The van der Waals surface area contributed by atoms with Crippen LogP contribution in [0.1, 0.15) is 11.1 Å². The summed E-state index contributed by atoms with van der Waals surface area (Å²) in [5.41, 5.74) is 2.43. The standard InChI is InChI=1S/C22H18N2O4/c25-22(15-8-17-6-11-20(12-7-17)24(26)27)23-19-9-13-21(14-10-19)28-16-18-4-2-1-3-5-18/h1-15H,16H2,(H,23,25). The summed E-state index contributed by atoms with van der Waals surface area (Å²) in [4.78, 5) is 22.2. The molecule has 0 fully saturated rings. The van der Waals surface area contributed by atoms with Crippen LogP contribution >= 0.6 is 0 Å². The van der Waals surface area contributed by atoms with Crippen molar-refractivity contribution < 1.29 is 14.5 Å². The highest BCUT2D eigenvalue weighted by Gasteiger charge is 2.03. The van der Waals surface area contributed by atoms with Crippen LogP contribution in [0, 0.1) is 10.1 Å². The molecular formula is C22H18N2O4. The fourth-order valence-electron chi connectivity index (χ4n) is 2.44. The van der Waals surface area contributed by atoms with Crippen molar-refractivity contribution in [1.29, 1.82) is 0 Å². The molecule has 0 atom stereocenters. The molecule has 1 N–H and O–H groups in total. The van der Waals surface area contributed by atoms with Crippen LogP contribution in [0.3, 0.4) is 0 Å². The van der Waals surface area contributed by atoms with Gasteiger partial charge in [-0.05, 0) is 53.6 Å². The Kier molecular flexibility index (Phi) is 6.15. The Morgan fingerprint density at radius 3 is 2.29 bits per heavy atom. The van der Waals surface area contributed by atoms with Crippen molar-refractivity contribution in [2.45, 2.75) is 6.61 Å². The van der Waals surface area contributed by atoms with Crippen molar-refractivity contribution in [3.05, 3.63) is 106 Å². The van der Waals surface area contributed by atoms with Crippen LogP contribution in [-0.2, 0) is 11.4 Å². The Bertz CT molecular complexity index is 966. The number of carbonyl (C=O) groups is 1. The second-order valence-electron chi connectivity index (χ2n) is 5.97. The van der Waals surface area contributed by atoms with Gasteiger partial charge in [-0.2, -0.15) is 0 Å². The van der Waals surface area contributed by atoms with Gasteiger partial charge in [-0.25, -0.2) is 0 Å². The fraction of sp³-hybridized carbons (Fsp3) is 0.0455. The maximum absolute atomic E-state index is 12.0. The third kappa shape index (κ3) is 5.54. The van der Waals surface area contributed by atoms with Crippen LogP contribution in [-0.4, -0.2) is 10.8 Å². The molecule has 3 rings (SSSR count). The van der Waals surface area contributed by atoms with Crippen molar-refractivity contribution in [3.63, 3.8) is 0 Å². The Labute approximate surface area is 162 Å². The summed E-state index contributed by atoms with van der Waals surface area (Å²) < 4.78 is 5.71. The van der Waals surface area contributed by atoms with E-state index in [1.165, 1.54) is 18.2 Å². The SMILES string of the molecule is O=C(C=Cc1ccc([N+](=O)[O-])cc1)Nc1ccc(OCc2ccccc2)cc1. The topological polar surface area (TPSA) is 81.5 Å². The van der Waals surface area contributed by atoms with Gasteiger partial charge in [0.25, 0.3) is 5.69 Å². The molecule has 3 aromatic carbocycles. The number of nitro groups is 1. The summed E-state index contributed by atoms with van der Waals surface area (Å²) >= 11 is 0. The normalized spacial score (nSPS) is 10.6. The molecule has 6 nitrogen and oxygen atoms in total. The third-order valence-electron chi connectivity index (χ3n) is 3.90. The first-order valence-corrected chi connectivity index (χ1v) is 8.60. The fourth-order valence-corrected chi connectivity index (χ4v) is 2.44. The molecule has 28 heavy (non-hydrogen) atoms. The molecule has 0 heterocycles. The van der Waals surface area contributed by atoms with Gasteiger partial charge in [0, 0.05) is 23.9 Å². The first kappa shape index (κ1) is 18.8. The highest BCUT2D eigenvalue weighted by molar-refractivity contribution is 6.01. The number of nitro benzene ring substituents is 1. The van der Waals surface area contributed by atoms with E-state index < -0.39 is 4.92 Å². The average molecular weight is 374 g/mol. The first-order chi connectivity index (χ1) is 13.6. The number of benzene rings is 3. The molecule has 0 aliphatic rings. The van der Waals surface area contributed by atoms with Crippen LogP contribution in [0.5, 0.6) is 5.75 Å². The molecular weight excluding hydrogens is 356 g/mol. The van der Waals surface area contributed by atoms with Gasteiger partial charge in [-0.15, -0.1) is 0 Å². The molecule has 0 saturated carbocycles. The molecule has 0 radical (unpaired) electrons. The summed E-state index contributed by atoms with van der Waals surface area (Å²) in [6, 6.07) is 22.9. The molecule has 6 heteroatoms. The number of ether oxygens (including phenoxy) is 1. The third-order valence-corrected chi connectivity index (χ3v) is 3.90. The number of anilines is 1. The van der Waals surface area contributed by atoms with Gasteiger partial charge in [0.2, 0.25) is 5.91 Å². The predicted molar refractivity (Wildman–Crippen MR) is 108 cm³/mol. The van der Waals surface area contributed by atoms with E-state index in [0.29, 0.717) is 23.6 Å². The lowest BCUT2D eigenvalue weighted by molar-refractivity contribution is -0.384. The lowest BCUT2D eigenvalue weighted by atomic mass is 10.2. The van der Waals surface area contributed by atoms with E-state index in [0.717, 1.165) is 5.56 Å². The van der Waals surface area contributed by atoms with E-state index in [-0.39, 0.29) is 11.6 Å². The number of nitrogens with one attached hydrogen (secondary N) is 1. The molecule has 0 aliphatic heterocycles. The molecule has 0 aliphatic carbocycles. The van der Waals surface area contributed by atoms with E-state index in [1.807, 2.05) is 30.3 Å². The first-order valence-electron chi connectivity index (χ1n) is 8.60. The second-order valence-corrected chi connectivity index (χ2v) is 5.97. The maximum atomic E-state index is 12.0. The summed E-state index contributed by atoms with van der Waals surface area (Å²) in [6.07, 6.45) is 2.97. The van der Waals surface area contributed by atoms with Crippen molar-refractivity contribution >= 4 is 23.4 Å². The van der Waals surface area contributed by atoms with Crippen molar-refractivity contribution in [3.8, 4) is 5.75 Å². The van der Waals surface area contributed by atoms with E-state index in [9.17, 15) is 14.9 Å². The number of amides is 1. The maximum Gasteiger partial charge on any atom is 0.269 e. The highest BCUT2D eigenvalue weighted by atomic mass is 16.6. The van der Waals surface area contributed by atoms with Gasteiger partial charge < -0.3 is 10.1 Å². The molecule has 1 amide bonds. The van der Waals surface area contributed by atoms with Gasteiger partial charge in [-0.1, -0.05) is 30.3 Å². The number of rotatable bonds is 7. The molecule has 0 spiro atoms. The lowest BCUT2D eigenvalue weighted by Gasteiger charge is -2.07. The lowest BCUT2D eigenvalue weighted by Crippen LogP contribution is -2.07. The van der Waals surface area contributed by atoms with E-state index >= 15 is 0 Å². The van der Waals surface area contributed by atoms with Crippen molar-refractivity contribution in [2.24, 2.45) is 0 Å². The molecule has 3 aromatic rings. The van der Waals surface area contributed by atoms with E-state index in [2.05, 4.69) is 5.32 Å². The van der Waals surface area contributed by atoms with Gasteiger partial charge in [0.1, 0.15) is 12.4 Å². The molecule has 0 bridgehead atoms. The van der Waals surface area contributed by atoms with Crippen LogP contribution in [0.2, 0.25) is 0 Å². The Hall–Kier alpha value is -3.93. The Morgan fingerprint density at radius 2 is 1.64 bits per heavy atom. The second kappa shape index (κ2) is 9.14. The quantitative estimate of drug-likeness (QED) is 0.365. The van der Waals surface area contributed by atoms with Crippen molar-refractivity contribution in [2.75, 3.05) is 5.32 Å². The minimum atomic E-state index is -0.465. The number of carbonyl (C=O) groups excluding carboxylic acids is 1. The molecule has 0 unspecified atom stereocenters. The molecule has 0 aromatic heterocycles.